The minimum absolute atomic E-state index is 0.0671. The van der Waals surface area contributed by atoms with Crippen LogP contribution in [0, 0.1) is 0 Å². The summed E-state index contributed by atoms with van der Waals surface area (Å²) in [7, 11) is 0. The second-order valence-electron chi connectivity index (χ2n) is 3.64. The zero-order valence-corrected chi connectivity index (χ0v) is 6.96. The smallest absolute Gasteiger partial charge is 0.305 e. The van der Waals surface area contributed by atoms with E-state index in [1.165, 1.54) is 0 Å². The SMILES string of the molecule is CC1(C)CCC(CC(=O)O)O1. The van der Waals surface area contributed by atoms with Gasteiger partial charge in [0.25, 0.3) is 0 Å². The maximum atomic E-state index is 10.3. The van der Waals surface area contributed by atoms with Gasteiger partial charge in [0.2, 0.25) is 0 Å². The van der Waals surface area contributed by atoms with Crippen molar-refractivity contribution in [3.63, 3.8) is 0 Å². The number of carboxylic acids is 1. The monoisotopic (exact) mass is 158 g/mol. The summed E-state index contributed by atoms with van der Waals surface area (Å²) in [6.45, 7) is 3.99. The van der Waals surface area contributed by atoms with E-state index in [0.717, 1.165) is 12.8 Å². The largest absolute Gasteiger partial charge is 0.481 e. The van der Waals surface area contributed by atoms with Crippen LogP contribution in [0.25, 0.3) is 0 Å². The maximum absolute atomic E-state index is 10.3. The van der Waals surface area contributed by atoms with Gasteiger partial charge in [-0.05, 0) is 26.7 Å². The highest BCUT2D eigenvalue weighted by atomic mass is 16.5. The van der Waals surface area contributed by atoms with Crippen molar-refractivity contribution in [2.75, 3.05) is 0 Å². The second kappa shape index (κ2) is 2.81. The van der Waals surface area contributed by atoms with E-state index in [-0.39, 0.29) is 18.1 Å². The summed E-state index contributed by atoms with van der Waals surface area (Å²) in [4.78, 5) is 10.3. The van der Waals surface area contributed by atoms with Gasteiger partial charge in [-0.3, -0.25) is 4.79 Å². The fourth-order valence-electron chi connectivity index (χ4n) is 1.42. The van der Waals surface area contributed by atoms with Crippen molar-refractivity contribution in [1.29, 1.82) is 0 Å². The van der Waals surface area contributed by atoms with Crippen LogP contribution in [0.15, 0.2) is 0 Å². The van der Waals surface area contributed by atoms with Crippen molar-refractivity contribution < 1.29 is 14.6 Å². The molecule has 64 valence electrons. The molecule has 1 unspecified atom stereocenters. The quantitative estimate of drug-likeness (QED) is 0.661. The molecule has 0 aromatic carbocycles. The van der Waals surface area contributed by atoms with Gasteiger partial charge in [-0.1, -0.05) is 0 Å². The van der Waals surface area contributed by atoms with Crippen LogP contribution in [0.4, 0.5) is 0 Å². The summed E-state index contributed by atoms with van der Waals surface area (Å²) in [6, 6.07) is 0. The summed E-state index contributed by atoms with van der Waals surface area (Å²) in [5, 5.41) is 8.46. The lowest BCUT2D eigenvalue weighted by molar-refractivity contribution is -0.140. The van der Waals surface area contributed by atoms with E-state index < -0.39 is 5.97 Å². The minimum Gasteiger partial charge on any atom is -0.481 e. The molecule has 0 saturated carbocycles. The van der Waals surface area contributed by atoms with Crippen molar-refractivity contribution in [2.45, 2.75) is 44.8 Å². The lowest BCUT2D eigenvalue weighted by Crippen LogP contribution is -2.21. The Morgan fingerprint density at radius 1 is 1.73 bits per heavy atom. The minimum atomic E-state index is -0.771. The Morgan fingerprint density at radius 3 is 2.73 bits per heavy atom. The molecule has 1 aliphatic rings. The summed E-state index contributed by atoms with van der Waals surface area (Å²) >= 11 is 0. The summed E-state index contributed by atoms with van der Waals surface area (Å²) < 4.78 is 5.48. The van der Waals surface area contributed by atoms with Crippen LogP contribution >= 0.6 is 0 Å². The Morgan fingerprint density at radius 2 is 2.36 bits per heavy atom. The molecule has 1 N–H and O–H groups in total. The molecule has 1 aliphatic heterocycles. The standard InChI is InChI=1S/C8H14O3/c1-8(2)4-3-6(11-8)5-7(9)10/h6H,3-5H2,1-2H3,(H,9,10). The maximum Gasteiger partial charge on any atom is 0.305 e. The zero-order chi connectivity index (χ0) is 8.48. The first-order valence-electron chi connectivity index (χ1n) is 3.89. The molecule has 1 rings (SSSR count). The Kier molecular flexibility index (Phi) is 2.18. The van der Waals surface area contributed by atoms with Crippen molar-refractivity contribution in [3.05, 3.63) is 0 Å². The first kappa shape index (κ1) is 8.53. The Labute approximate surface area is 66.4 Å². The lowest BCUT2D eigenvalue weighted by atomic mass is 10.0. The van der Waals surface area contributed by atoms with E-state index in [9.17, 15) is 4.79 Å². The number of carboxylic acid groups (broad SMARTS) is 1. The van der Waals surface area contributed by atoms with E-state index in [2.05, 4.69) is 0 Å². The number of aliphatic carboxylic acids is 1. The molecule has 11 heavy (non-hydrogen) atoms. The predicted octanol–water partition coefficient (Wildman–Crippen LogP) is 1.42. The second-order valence-corrected chi connectivity index (χ2v) is 3.64. The van der Waals surface area contributed by atoms with Crippen LogP contribution < -0.4 is 0 Å². The molecule has 0 amide bonds. The van der Waals surface area contributed by atoms with E-state index in [1.54, 1.807) is 0 Å². The average molecular weight is 158 g/mol. The number of hydrogen-bond donors (Lipinski definition) is 1. The van der Waals surface area contributed by atoms with Crippen LogP contribution in [0.5, 0.6) is 0 Å². The number of rotatable bonds is 2. The molecule has 0 aromatic heterocycles. The van der Waals surface area contributed by atoms with Gasteiger partial charge >= 0.3 is 5.97 Å². The molecular weight excluding hydrogens is 144 g/mol. The number of carbonyl (C=O) groups is 1. The van der Waals surface area contributed by atoms with Gasteiger partial charge in [0.1, 0.15) is 0 Å². The third-order valence-corrected chi connectivity index (χ3v) is 1.96. The molecule has 1 fully saturated rings. The highest BCUT2D eigenvalue weighted by Crippen LogP contribution is 2.30. The van der Waals surface area contributed by atoms with Gasteiger partial charge in [-0.25, -0.2) is 0 Å². The molecule has 1 saturated heterocycles. The first-order chi connectivity index (χ1) is 4.99. The van der Waals surface area contributed by atoms with Crippen LogP contribution in [-0.2, 0) is 9.53 Å². The topological polar surface area (TPSA) is 46.5 Å². The summed E-state index contributed by atoms with van der Waals surface area (Å²) in [5.74, 6) is -0.771. The normalized spacial score (nSPS) is 28.7. The number of hydrogen-bond acceptors (Lipinski definition) is 2. The third kappa shape index (κ3) is 2.50. The summed E-state index contributed by atoms with van der Waals surface area (Å²) in [5.41, 5.74) is -0.111. The van der Waals surface area contributed by atoms with Gasteiger partial charge < -0.3 is 9.84 Å². The van der Waals surface area contributed by atoms with Crippen molar-refractivity contribution in [2.24, 2.45) is 0 Å². The fourth-order valence-corrected chi connectivity index (χ4v) is 1.42. The highest BCUT2D eigenvalue weighted by molar-refractivity contribution is 5.67. The van der Waals surface area contributed by atoms with Gasteiger partial charge in [0.05, 0.1) is 18.1 Å². The van der Waals surface area contributed by atoms with Crippen LogP contribution in [0.1, 0.15) is 33.1 Å². The van der Waals surface area contributed by atoms with E-state index in [1.807, 2.05) is 13.8 Å². The van der Waals surface area contributed by atoms with Crippen LogP contribution in [-0.4, -0.2) is 22.8 Å². The molecule has 0 spiro atoms. The van der Waals surface area contributed by atoms with Crippen LogP contribution in [0.2, 0.25) is 0 Å². The molecule has 3 nitrogen and oxygen atoms in total. The zero-order valence-electron chi connectivity index (χ0n) is 6.96. The fraction of sp³-hybridized carbons (Fsp3) is 0.875. The molecule has 0 aromatic rings. The van der Waals surface area contributed by atoms with Crippen molar-refractivity contribution in [3.8, 4) is 0 Å². The molecule has 0 radical (unpaired) electrons. The Hall–Kier alpha value is -0.570. The molecular formula is C8H14O3. The molecule has 1 heterocycles. The summed E-state index contributed by atoms with van der Waals surface area (Å²) in [6.07, 6.45) is 1.91. The molecule has 1 atom stereocenters. The van der Waals surface area contributed by atoms with E-state index >= 15 is 0 Å². The predicted molar refractivity (Wildman–Crippen MR) is 40.4 cm³/mol. The lowest BCUT2D eigenvalue weighted by Gasteiger charge is -2.18. The third-order valence-electron chi connectivity index (χ3n) is 1.96. The van der Waals surface area contributed by atoms with Gasteiger partial charge in [-0.2, -0.15) is 0 Å². The van der Waals surface area contributed by atoms with Crippen molar-refractivity contribution in [1.82, 2.24) is 0 Å². The first-order valence-corrected chi connectivity index (χ1v) is 3.89. The van der Waals surface area contributed by atoms with E-state index in [0.29, 0.717) is 0 Å². The Balaban J connectivity index is 2.36. The van der Waals surface area contributed by atoms with Gasteiger partial charge in [-0.15, -0.1) is 0 Å². The molecule has 3 heteroatoms. The molecule has 0 bridgehead atoms. The highest BCUT2D eigenvalue weighted by Gasteiger charge is 2.32. The van der Waals surface area contributed by atoms with Crippen molar-refractivity contribution >= 4 is 5.97 Å². The molecule has 0 aliphatic carbocycles. The average Bonchev–Trinajstić information content (AvgIpc) is 2.08. The van der Waals surface area contributed by atoms with Gasteiger partial charge in [0.15, 0.2) is 0 Å². The Bertz CT molecular complexity index is 163. The van der Waals surface area contributed by atoms with Crippen LogP contribution in [0.3, 0.4) is 0 Å². The number of ether oxygens (including phenoxy) is 1. The van der Waals surface area contributed by atoms with Gasteiger partial charge in [0, 0.05) is 0 Å². The van der Waals surface area contributed by atoms with E-state index in [4.69, 9.17) is 9.84 Å².